The average Bonchev–Trinajstić information content (AvgIpc) is 2.66. The third-order valence-electron chi connectivity index (χ3n) is 5.03. The van der Waals surface area contributed by atoms with Gasteiger partial charge in [-0.1, -0.05) is 84.2 Å². The van der Waals surface area contributed by atoms with Crippen LogP contribution in [0.25, 0.3) is 5.57 Å². The summed E-state index contributed by atoms with van der Waals surface area (Å²) in [6, 6.07) is 4.68. The van der Waals surface area contributed by atoms with Crippen LogP contribution in [0.15, 0.2) is 66.8 Å². The third-order valence-corrected chi connectivity index (χ3v) is 5.03. The first-order valence-corrected chi connectivity index (χ1v) is 10.2. The molecule has 0 amide bonds. The summed E-state index contributed by atoms with van der Waals surface area (Å²) in [6.45, 7) is 29.3. The fourth-order valence-corrected chi connectivity index (χ4v) is 3.04. The second-order valence-electron chi connectivity index (χ2n) is 7.10. The molecule has 0 heterocycles. The maximum absolute atomic E-state index is 4.25. The highest BCUT2D eigenvalue weighted by Gasteiger charge is 2.11. The molecule has 0 saturated carbocycles. The van der Waals surface area contributed by atoms with Crippen LogP contribution in [0.3, 0.4) is 0 Å². The molecule has 0 aliphatic heterocycles. The lowest BCUT2D eigenvalue weighted by Crippen LogP contribution is -2.03. The van der Waals surface area contributed by atoms with Crippen LogP contribution in [-0.4, -0.2) is 0 Å². The molecular formula is C27H40. The number of aryl methyl sites for hydroxylation is 2. The van der Waals surface area contributed by atoms with Gasteiger partial charge in [0.2, 0.25) is 0 Å². The van der Waals surface area contributed by atoms with E-state index in [0.717, 1.165) is 23.1 Å². The van der Waals surface area contributed by atoms with Crippen LogP contribution in [0.4, 0.5) is 0 Å². The topological polar surface area (TPSA) is 0 Å². The van der Waals surface area contributed by atoms with Crippen LogP contribution >= 0.6 is 0 Å². The van der Waals surface area contributed by atoms with Crippen molar-refractivity contribution in [2.24, 2.45) is 5.92 Å². The monoisotopic (exact) mass is 364 g/mol. The molecule has 0 spiro atoms. The number of hydrogen-bond acceptors (Lipinski definition) is 0. The Balaban J connectivity index is 0.00000326. The zero-order valence-corrected chi connectivity index (χ0v) is 19.0. The second kappa shape index (κ2) is 12.3. The summed E-state index contributed by atoms with van der Waals surface area (Å²) >= 11 is 0. The quantitative estimate of drug-likeness (QED) is 0.405. The molecule has 0 heteroatoms. The lowest BCUT2D eigenvalue weighted by Gasteiger charge is -2.17. The van der Waals surface area contributed by atoms with Crippen molar-refractivity contribution in [2.75, 3.05) is 0 Å². The SMILES string of the molecule is C=CC(=C)/C(=C/C)C(=C)/C=C(\C)c1cc(C)c(C)cc1CC(C)CC.CC. The van der Waals surface area contributed by atoms with Crippen molar-refractivity contribution in [1.29, 1.82) is 0 Å². The lowest BCUT2D eigenvalue weighted by molar-refractivity contribution is 0.559. The highest BCUT2D eigenvalue weighted by Crippen LogP contribution is 2.29. The van der Waals surface area contributed by atoms with Gasteiger partial charge < -0.3 is 0 Å². The molecule has 1 aromatic rings. The zero-order valence-electron chi connectivity index (χ0n) is 19.0. The third kappa shape index (κ3) is 7.21. The van der Waals surface area contributed by atoms with Gasteiger partial charge in [-0.3, -0.25) is 0 Å². The molecule has 0 aliphatic carbocycles. The van der Waals surface area contributed by atoms with Gasteiger partial charge in [-0.05, 0) is 84.6 Å². The van der Waals surface area contributed by atoms with Gasteiger partial charge in [-0.15, -0.1) is 0 Å². The maximum Gasteiger partial charge on any atom is -0.0166 e. The average molecular weight is 365 g/mol. The minimum atomic E-state index is 0.684. The van der Waals surface area contributed by atoms with Crippen LogP contribution in [0, 0.1) is 19.8 Å². The van der Waals surface area contributed by atoms with Crippen molar-refractivity contribution in [3.63, 3.8) is 0 Å². The maximum atomic E-state index is 4.25. The lowest BCUT2D eigenvalue weighted by atomic mass is 9.88. The molecule has 1 rings (SSSR count). The van der Waals surface area contributed by atoms with E-state index in [0.29, 0.717) is 5.92 Å². The smallest absolute Gasteiger partial charge is 0.0166 e. The Kier molecular flexibility index (Phi) is 11.4. The van der Waals surface area contributed by atoms with Gasteiger partial charge >= 0.3 is 0 Å². The second-order valence-corrected chi connectivity index (χ2v) is 7.10. The van der Waals surface area contributed by atoms with E-state index in [-0.39, 0.29) is 0 Å². The van der Waals surface area contributed by atoms with Gasteiger partial charge in [0.1, 0.15) is 0 Å². The van der Waals surface area contributed by atoms with E-state index >= 15 is 0 Å². The number of allylic oxidation sites excluding steroid dienone is 7. The highest BCUT2D eigenvalue weighted by atomic mass is 14.2. The predicted octanol–water partition coefficient (Wildman–Crippen LogP) is 8.57. The van der Waals surface area contributed by atoms with E-state index in [4.69, 9.17) is 0 Å². The summed E-state index contributed by atoms with van der Waals surface area (Å²) in [4.78, 5) is 0. The van der Waals surface area contributed by atoms with Crippen molar-refractivity contribution in [3.8, 4) is 0 Å². The largest absolute Gasteiger partial charge is 0.0985 e. The van der Waals surface area contributed by atoms with Crippen LogP contribution in [0.2, 0.25) is 0 Å². The Morgan fingerprint density at radius 2 is 1.63 bits per heavy atom. The van der Waals surface area contributed by atoms with Gasteiger partial charge in [0.25, 0.3) is 0 Å². The van der Waals surface area contributed by atoms with Crippen molar-refractivity contribution >= 4 is 5.57 Å². The first kappa shape index (κ1) is 24.9. The number of hydrogen-bond donors (Lipinski definition) is 0. The molecule has 0 N–H and O–H groups in total. The molecule has 0 radical (unpaired) electrons. The van der Waals surface area contributed by atoms with E-state index in [1.165, 1.54) is 34.2 Å². The Morgan fingerprint density at radius 1 is 1.07 bits per heavy atom. The molecule has 148 valence electrons. The predicted molar refractivity (Wildman–Crippen MR) is 126 cm³/mol. The Bertz CT molecular complexity index is 723. The van der Waals surface area contributed by atoms with Crippen molar-refractivity contribution in [1.82, 2.24) is 0 Å². The normalized spacial score (nSPS) is 12.7. The molecule has 1 unspecified atom stereocenters. The molecule has 0 saturated heterocycles. The summed E-state index contributed by atoms with van der Waals surface area (Å²) in [5.41, 5.74) is 9.68. The molecular weight excluding hydrogens is 324 g/mol. The molecule has 0 aliphatic rings. The van der Waals surface area contributed by atoms with Crippen molar-refractivity contribution in [3.05, 3.63) is 89.1 Å². The van der Waals surface area contributed by atoms with E-state index in [1.54, 1.807) is 6.08 Å². The summed E-state index contributed by atoms with van der Waals surface area (Å²) in [5, 5.41) is 0. The highest BCUT2D eigenvalue weighted by molar-refractivity contribution is 5.72. The van der Waals surface area contributed by atoms with Crippen molar-refractivity contribution < 1.29 is 0 Å². The molecule has 1 aromatic carbocycles. The van der Waals surface area contributed by atoms with E-state index in [9.17, 15) is 0 Å². The van der Waals surface area contributed by atoms with E-state index in [2.05, 4.69) is 78.6 Å². The summed E-state index contributed by atoms with van der Waals surface area (Å²) in [7, 11) is 0. The summed E-state index contributed by atoms with van der Waals surface area (Å²) < 4.78 is 0. The van der Waals surface area contributed by atoms with Crippen LogP contribution in [0.5, 0.6) is 0 Å². The van der Waals surface area contributed by atoms with Gasteiger partial charge in [0, 0.05) is 0 Å². The van der Waals surface area contributed by atoms with Crippen LogP contribution in [0.1, 0.15) is 70.2 Å². The minimum absolute atomic E-state index is 0.684. The Labute approximate surface area is 169 Å². The molecule has 27 heavy (non-hydrogen) atoms. The van der Waals surface area contributed by atoms with Gasteiger partial charge in [0.15, 0.2) is 0 Å². The Morgan fingerprint density at radius 3 is 2.11 bits per heavy atom. The number of rotatable bonds is 8. The molecule has 0 aromatic heterocycles. The summed E-state index contributed by atoms with van der Waals surface area (Å²) in [5.74, 6) is 0.684. The van der Waals surface area contributed by atoms with Gasteiger partial charge in [0.05, 0.1) is 0 Å². The molecule has 0 bridgehead atoms. The number of benzene rings is 1. The Hall–Kier alpha value is -2.08. The van der Waals surface area contributed by atoms with Crippen molar-refractivity contribution in [2.45, 2.75) is 68.2 Å². The fourth-order valence-electron chi connectivity index (χ4n) is 3.04. The summed E-state index contributed by atoms with van der Waals surface area (Å²) in [6.07, 6.45) is 8.32. The van der Waals surface area contributed by atoms with Crippen LogP contribution < -0.4 is 0 Å². The molecule has 0 nitrogen and oxygen atoms in total. The van der Waals surface area contributed by atoms with Crippen LogP contribution in [-0.2, 0) is 6.42 Å². The molecule has 1 atom stereocenters. The standard InChI is InChI=1S/C25H34.C2H6/c1-10-17(4)13-23-15-19(6)20(7)16-25(23)22(9)14-21(8)24(12-3)18(5)11-2;1-2/h11-12,14-17H,2,5,8,10,13H2,1,3-4,6-7,9H3;1-2H3/b22-14+,24-12-;. The first-order valence-electron chi connectivity index (χ1n) is 10.2. The van der Waals surface area contributed by atoms with Gasteiger partial charge in [-0.25, -0.2) is 0 Å². The van der Waals surface area contributed by atoms with Gasteiger partial charge in [-0.2, -0.15) is 0 Å². The zero-order chi connectivity index (χ0) is 21.1. The fraction of sp³-hybridized carbons (Fsp3) is 0.407. The minimum Gasteiger partial charge on any atom is -0.0985 e. The molecule has 0 fully saturated rings. The first-order chi connectivity index (χ1) is 12.7. The van der Waals surface area contributed by atoms with E-state index < -0.39 is 0 Å². The van der Waals surface area contributed by atoms with E-state index in [1.807, 2.05) is 20.8 Å².